The lowest BCUT2D eigenvalue weighted by Crippen LogP contribution is -2.51. The van der Waals surface area contributed by atoms with Crippen LogP contribution in [-0.4, -0.2) is 42.2 Å². The molecule has 29 heavy (non-hydrogen) atoms. The Morgan fingerprint density at radius 3 is 2.31 bits per heavy atom. The molecule has 0 fully saturated rings. The Morgan fingerprint density at radius 1 is 1.07 bits per heavy atom. The Hall–Kier alpha value is -2.61. The summed E-state index contributed by atoms with van der Waals surface area (Å²) in [5, 5.41) is 5.17. The van der Waals surface area contributed by atoms with Crippen LogP contribution >= 0.6 is 0 Å². The molecule has 0 spiro atoms. The predicted molar refractivity (Wildman–Crippen MR) is 110 cm³/mol. The Kier molecular flexibility index (Phi) is 10.2. The van der Waals surface area contributed by atoms with Crippen molar-refractivity contribution in [1.82, 2.24) is 10.6 Å². The van der Waals surface area contributed by atoms with E-state index in [9.17, 15) is 14.4 Å². The quantitative estimate of drug-likeness (QED) is 0.404. The third-order valence-corrected chi connectivity index (χ3v) is 3.89. The SMILES string of the molecule is C[C@H](NC(=O)[C@H](CCCCN)NC(=O)OCc1ccccc1)C(=O)OC(C)(C)C. The van der Waals surface area contributed by atoms with Crippen molar-refractivity contribution in [3.05, 3.63) is 35.9 Å². The van der Waals surface area contributed by atoms with E-state index in [1.54, 1.807) is 20.8 Å². The third kappa shape index (κ3) is 10.5. The number of nitrogens with one attached hydrogen (secondary N) is 2. The fourth-order valence-electron chi connectivity index (χ4n) is 2.43. The molecule has 1 aromatic rings. The Bertz CT molecular complexity index is 658. The van der Waals surface area contributed by atoms with Crippen molar-refractivity contribution >= 4 is 18.0 Å². The highest BCUT2D eigenvalue weighted by molar-refractivity contribution is 5.89. The molecule has 1 rings (SSSR count). The molecule has 0 aliphatic rings. The second-order valence-corrected chi connectivity index (χ2v) is 7.81. The third-order valence-electron chi connectivity index (χ3n) is 3.89. The van der Waals surface area contributed by atoms with E-state index in [1.807, 2.05) is 30.3 Å². The van der Waals surface area contributed by atoms with Crippen LogP contribution in [0.5, 0.6) is 0 Å². The fraction of sp³-hybridized carbons (Fsp3) is 0.571. The van der Waals surface area contributed by atoms with Crippen LogP contribution in [0, 0.1) is 0 Å². The monoisotopic (exact) mass is 407 g/mol. The van der Waals surface area contributed by atoms with Crippen LogP contribution in [0.2, 0.25) is 0 Å². The molecule has 0 aromatic heterocycles. The highest BCUT2D eigenvalue weighted by Crippen LogP contribution is 2.09. The lowest BCUT2D eigenvalue weighted by Gasteiger charge is -2.24. The van der Waals surface area contributed by atoms with Gasteiger partial charge in [0.05, 0.1) is 0 Å². The van der Waals surface area contributed by atoms with E-state index in [2.05, 4.69) is 10.6 Å². The van der Waals surface area contributed by atoms with Crippen LogP contribution in [-0.2, 0) is 25.7 Å². The minimum absolute atomic E-state index is 0.0954. The molecule has 0 heterocycles. The lowest BCUT2D eigenvalue weighted by molar-refractivity contribution is -0.158. The summed E-state index contributed by atoms with van der Waals surface area (Å²) in [6.45, 7) is 7.37. The van der Waals surface area contributed by atoms with Crippen molar-refractivity contribution in [2.75, 3.05) is 6.54 Å². The molecule has 2 atom stereocenters. The second-order valence-electron chi connectivity index (χ2n) is 7.81. The van der Waals surface area contributed by atoms with Gasteiger partial charge in [-0.2, -0.15) is 0 Å². The van der Waals surface area contributed by atoms with Gasteiger partial charge in [0, 0.05) is 0 Å². The van der Waals surface area contributed by atoms with Gasteiger partial charge in [-0.05, 0) is 59.1 Å². The maximum absolute atomic E-state index is 12.6. The zero-order chi connectivity index (χ0) is 21.9. The minimum atomic E-state index is -0.846. The molecule has 0 bridgehead atoms. The van der Waals surface area contributed by atoms with Gasteiger partial charge >= 0.3 is 12.1 Å². The zero-order valence-electron chi connectivity index (χ0n) is 17.7. The Balaban J connectivity index is 2.63. The topological polar surface area (TPSA) is 120 Å². The van der Waals surface area contributed by atoms with Crippen molar-refractivity contribution in [3.63, 3.8) is 0 Å². The van der Waals surface area contributed by atoms with Gasteiger partial charge in [-0.25, -0.2) is 9.59 Å². The second kappa shape index (κ2) is 12.1. The number of nitrogens with two attached hydrogens (primary N) is 1. The maximum atomic E-state index is 12.6. The molecule has 0 unspecified atom stereocenters. The average Bonchev–Trinajstić information content (AvgIpc) is 2.65. The molecule has 0 aliphatic heterocycles. The van der Waals surface area contributed by atoms with Crippen molar-refractivity contribution in [1.29, 1.82) is 0 Å². The van der Waals surface area contributed by atoms with Gasteiger partial charge in [0.2, 0.25) is 5.91 Å². The van der Waals surface area contributed by atoms with Gasteiger partial charge in [0.15, 0.2) is 0 Å². The smallest absolute Gasteiger partial charge is 0.408 e. The van der Waals surface area contributed by atoms with Crippen LogP contribution < -0.4 is 16.4 Å². The van der Waals surface area contributed by atoms with Gasteiger partial charge in [0.25, 0.3) is 0 Å². The first kappa shape index (κ1) is 24.4. The van der Waals surface area contributed by atoms with E-state index in [4.69, 9.17) is 15.2 Å². The van der Waals surface area contributed by atoms with Crippen LogP contribution in [0.15, 0.2) is 30.3 Å². The molecule has 162 valence electrons. The number of unbranched alkanes of at least 4 members (excludes halogenated alkanes) is 1. The highest BCUT2D eigenvalue weighted by Gasteiger charge is 2.27. The van der Waals surface area contributed by atoms with E-state index < -0.39 is 35.7 Å². The van der Waals surface area contributed by atoms with Crippen molar-refractivity contribution < 1.29 is 23.9 Å². The Labute approximate surface area is 172 Å². The van der Waals surface area contributed by atoms with Gasteiger partial charge in [-0.3, -0.25) is 4.79 Å². The first-order valence-electron chi connectivity index (χ1n) is 9.83. The standard InChI is InChI=1S/C21H33N3O5/c1-15(19(26)29-21(2,3)4)23-18(25)17(12-8-9-13-22)24-20(27)28-14-16-10-6-5-7-11-16/h5-7,10-11,15,17H,8-9,12-14,22H2,1-4H3,(H,23,25)(H,24,27)/t15-,17-/m0/s1. The number of amides is 2. The van der Waals surface area contributed by atoms with E-state index in [0.29, 0.717) is 25.8 Å². The van der Waals surface area contributed by atoms with Gasteiger partial charge in [-0.1, -0.05) is 30.3 Å². The summed E-state index contributed by atoms with van der Waals surface area (Å²) in [6, 6.07) is 7.54. The first-order chi connectivity index (χ1) is 13.6. The van der Waals surface area contributed by atoms with Gasteiger partial charge in [-0.15, -0.1) is 0 Å². The average molecular weight is 408 g/mol. The number of hydrogen-bond donors (Lipinski definition) is 3. The predicted octanol–water partition coefficient (Wildman–Crippen LogP) is 2.26. The fourth-order valence-corrected chi connectivity index (χ4v) is 2.43. The molecule has 1 aromatic carbocycles. The normalized spacial score (nSPS) is 13.1. The summed E-state index contributed by atoms with van der Waals surface area (Å²) >= 11 is 0. The molecule has 2 amide bonds. The van der Waals surface area contributed by atoms with Crippen molar-refractivity contribution in [3.8, 4) is 0 Å². The number of rotatable bonds is 10. The summed E-state index contributed by atoms with van der Waals surface area (Å²) in [5.41, 5.74) is 5.69. The number of ether oxygens (including phenoxy) is 2. The molecule has 0 saturated carbocycles. The molecule has 8 nitrogen and oxygen atoms in total. The largest absolute Gasteiger partial charge is 0.458 e. The van der Waals surface area contributed by atoms with Crippen molar-refractivity contribution in [2.45, 2.75) is 71.2 Å². The number of carbonyl (C=O) groups is 3. The van der Waals surface area contributed by atoms with E-state index in [-0.39, 0.29) is 6.61 Å². The molecule has 0 aliphatic carbocycles. The lowest BCUT2D eigenvalue weighted by atomic mass is 10.1. The summed E-state index contributed by atoms with van der Waals surface area (Å²) in [5.74, 6) is -1.02. The van der Waals surface area contributed by atoms with Gasteiger partial charge in [0.1, 0.15) is 24.3 Å². The van der Waals surface area contributed by atoms with E-state index >= 15 is 0 Å². The number of esters is 1. The summed E-state index contributed by atoms with van der Waals surface area (Å²) < 4.78 is 10.5. The zero-order valence-corrected chi connectivity index (χ0v) is 17.7. The molecular formula is C21H33N3O5. The number of carbonyl (C=O) groups excluding carboxylic acids is 3. The van der Waals surface area contributed by atoms with Gasteiger partial charge < -0.3 is 25.8 Å². The minimum Gasteiger partial charge on any atom is -0.458 e. The summed E-state index contributed by atoms with van der Waals surface area (Å²) in [6.07, 6.45) is 1.04. The highest BCUT2D eigenvalue weighted by atomic mass is 16.6. The van der Waals surface area contributed by atoms with E-state index in [0.717, 1.165) is 5.56 Å². The number of alkyl carbamates (subject to hydrolysis) is 1. The Morgan fingerprint density at radius 2 is 1.72 bits per heavy atom. The molecule has 8 heteroatoms. The van der Waals surface area contributed by atoms with Crippen LogP contribution in [0.4, 0.5) is 4.79 Å². The van der Waals surface area contributed by atoms with Crippen LogP contribution in [0.3, 0.4) is 0 Å². The van der Waals surface area contributed by atoms with Crippen molar-refractivity contribution in [2.24, 2.45) is 5.73 Å². The maximum Gasteiger partial charge on any atom is 0.408 e. The molecular weight excluding hydrogens is 374 g/mol. The van der Waals surface area contributed by atoms with Crippen LogP contribution in [0.1, 0.15) is 52.5 Å². The van der Waals surface area contributed by atoms with E-state index in [1.165, 1.54) is 6.92 Å². The molecule has 4 N–H and O–H groups in total. The number of hydrogen-bond acceptors (Lipinski definition) is 6. The summed E-state index contributed by atoms with van der Waals surface area (Å²) in [7, 11) is 0. The number of benzene rings is 1. The molecule has 0 saturated heterocycles. The molecule has 0 radical (unpaired) electrons. The first-order valence-corrected chi connectivity index (χ1v) is 9.83. The summed E-state index contributed by atoms with van der Waals surface area (Å²) in [4.78, 5) is 36.8. The van der Waals surface area contributed by atoms with Crippen LogP contribution in [0.25, 0.3) is 0 Å².